The highest BCUT2D eigenvalue weighted by atomic mass is 31.1. The highest BCUT2D eigenvalue weighted by Crippen LogP contribution is 2.76. The first-order valence-electron chi connectivity index (χ1n) is 8.02. The van der Waals surface area contributed by atoms with Gasteiger partial charge in [0.1, 0.15) is 0 Å². The Kier molecular flexibility index (Phi) is 8.10. The van der Waals surface area contributed by atoms with Crippen molar-refractivity contribution in [2.45, 2.75) is 47.4 Å². The summed E-state index contributed by atoms with van der Waals surface area (Å²) >= 11 is 0. The molecule has 0 aliphatic carbocycles. The Bertz CT molecular complexity index is 1030. The zero-order valence-electron chi connectivity index (χ0n) is 16.1. The van der Waals surface area contributed by atoms with Crippen LogP contribution in [-0.2, 0) is 0 Å². The summed E-state index contributed by atoms with van der Waals surface area (Å²) in [4.78, 5) is 0. The quantitative estimate of drug-likeness (QED) is 0.128. The van der Waals surface area contributed by atoms with Crippen LogP contribution in [0.25, 0.3) is 0 Å². The van der Waals surface area contributed by atoms with Gasteiger partial charge in [-0.1, -0.05) is 0 Å². The van der Waals surface area contributed by atoms with Crippen molar-refractivity contribution in [3.8, 4) is 0 Å². The maximum atomic E-state index is 14.6. The summed E-state index contributed by atoms with van der Waals surface area (Å²) in [5.74, 6) is -37.9. The molecule has 2 atom stereocenters. The number of benzene rings is 1. The van der Waals surface area contributed by atoms with Crippen molar-refractivity contribution in [3.63, 3.8) is 0 Å². The van der Waals surface area contributed by atoms with Crippen LogP contribution >= 0.6 is 7.92 Å². The lowest BCUT2D eigenvalue weighted by molar-refractivity contribution is -0.430. The second kappa shape index (κ2) is 9.03. The van der Waals surface area contributed by atoms with Crippen molar-refractivity contribution in [2.24, 2.45) is 0 Å². The van der Waals surface area contributed by atoms with Crippen molar-refractivity contribution in [3.05, 3.63) is 29.1 Å². The molecule has 1 aromatic carbocycles. The van der Waals surface area contributed by atoms with Gasteiger partial charge in [0, 0.05) is 0 Å². The van der Waals surface area contributed by atoms with E-state index in [9.17, 15) is 101 Å². The molecule has 0 spiro atoms. The van der Waals surface area contributed by atoms with Gasteiger partial charge in [0.2, 0.25) is 5.82 Å². The average molecular weight is 636 g/mol. The molecule has 1 rings (SSSR count). The molecule has 222 valence electrons. The number of hydrogen-bond donors (Lipinski definition) is 0. The van der Waals surface area contributed by atoms with Gasteiger partial charge in [-0.25, -0.2) is 26.3 Å². The van der Waals surface area contributed by atoms with Gasteiger partial charge < -0.3 is 0 Å². The van der Waals surface area contributed by atoms with Crippen molar-refractivity contribution in [1.82, 2.24) is 0 Å². The van der Waals surface area contributed by atoms with Crippen LogP contribution in [0.1, 0.15) is 0 Å². The summed E-state index contributed by atoms with van der Waals surface area (Å²) in [5.41, 5.74) is -26.3. The molecule has 0 bridgehead atoms. The molecule has 0 nitrogen and oxygen atoms in total. The lowest BCUT2D eigenvalue weighted by Crippen LogP contribution is -2.74. The van der Waals surface area contributed by atoms with Crippen LogP contribution in [-0.4, -0.2) is 47.4 Å². The van der Waals surface area contributed by atoms with Crippen LogP contribution in [0.2, 0.25) is 0 Å². The molecular formula is C14F23P. The third kappa shape index (κ3) is 4.39. The van der Waals surface area contributed by atoms with E-state index in [1.165, 1.54) is 0 Å². The van der Waals surface area contributed by atoms with Gasteiger partial charge >= 0.3 is 47.4 Å². The summed E-state index contributed by atoms with van der Waals surface area (Å²) in [7, 11) is -8.08. The lowest BCUT2D eigenvalue weighted by atomic mass is 9.91. The third-order valence-corrected chi connectivity index (χ3v) is 6.83. The van der Waals surface area contributed by atoms with E-state index in [1.807, 2.05) is 0 Å². The van der Waals surface area contributed by atoms with Crippen LogP contribution < -0.4 is 5.30 Å². The molecule has 1 aromatic rings. The molecule has 0 radical (unpaired) electrons. The van der Waals surface area contributed by atoms with Crippen molar-refractivity contribution in [2.75, 3.05) is 0 Å². The summed E-state index contributed by atoms with van der Waals surface area (Å²) in [5, 5.41) is -4.47. The minimum Gasteiger partial charge on any atom is -0.219 e. The van der Waals surface area contributed by atoms with Crippen molar-refractivity contribution < 1.29 is 101 Å². The molecular weight excluding hydrogens is 636 g/mol. The number of rotatable bonds is 6. The topological polar surface area (TPSA) is 0 Å². The molecule has 0 N–H and O–H groups in total. The maximum absolute atomic E-state index is 14.6. The van der Waals surface area contributed by atoms with E-state index in [1.54, 1.807) is 0 Å². The van der Waals surface area contributed by atoms with Crippen molar-refractivity contribution in [1.29, 1.82) is 0 Å². The van der Waals surface area contributed by atoms with E-state index in [0.29, 0.717) is 0 Å². The molecule has 0 aromatic heterocycles. The maximum Gasteiger partial charge on any atom is 0.460 e. The predicted molar refractivity (Wildman–Crippen MR) is 74.6 cm³/mol. The molecule has 0 saturated carbocycles. The Balaban J connectivity index is 4.52. The highest BCUT2D eigenvalue weighted by Gasteiger charge is 2.95. The zero-order valence-corrected chi connectivity index (χ0v) is 17.0. The molecule has 24 heteroatoms. The monoisotopic (exact) mass is 636 g/mol. The number of hydrogen-bond acceptors (Lipinski definition) is 0. The highest BCUT2D eigenvalue weighted by molar-refractivity contribution is 7.68. The van der Waals surface area contributed by atoms with Gasteiger partial charge in [-0.2, -0.15) is 74.6 Å². The molecule has 0 amide bonds. The smallest absolute Gasteiger partial charge is 0.219 e. The van der Waals surface area contributed by atoms with E-state index in [-0.39, 0.29) is 0 Å². The van der Waals surface area contributed by atoms with Gasteiger partial charge in [-0.15, -0.1) is 0 Å². The standard InChI is InChI=1S/C14F23P/c15-1-2(16)4(18)6(5(19)3(1)17)38(14(36,37)12(31,32)33)13(34,35)7(20,10(25,26)27)8(21,22)9(23,24)11(28,29)30. The predicted octanol–water partition coefficient (Wildman–Crippen LogP) is 8.34. The fourth-order valence-corrected chi connectivity index (χ4v) is 4.79. The van der Waals surface area contributed by atoms with Crippen LogP contribution in [0.4, 0.5) is 101 Å². The second-order valence-corrected chi connectivity index (χ2v) is 8.88. The van der Waals surface area contributed by atoms with Crippen LogP contribution in [0.15, 0.2) is 0 Å². The van der Waals surface area contributed by atoms with Gasteiger partial charge in [0.15, 0.2) is 23.3 Å². The lowest BCUT2D eigenvalue weighted by Gasteiger charge is -2.46. The second-order valence-electron chi connectivity index (χ2n) is 6.64. The Morgan fingerprint density at radius 1 is 0.342 bits per heavy atom. The Morgan fingerprint density at radius 3 is 0.921 bits per heavy atom. The normalized spacial score (nSPS) is 17.4. The fraction of sp³-hybridized carbons (Fsp3) is 0.571. The van der Waals surface area contributed by atoms with Gasteiger partial charge in [-0.3, -0.25) is 0 Å². The van der Waals surface area contributed by atoms with Crippen LogP contribution in [0.3, 0.4) is 0 Å². The summed E-state index contributed by atoms with van der Waals surface area (Å²) in [6, 6.07) is 0. The van der Waals surface area contributed by atoms with Crippen LogP contribution in [0.5, 0.6) is 0 Å². The van der Waals surface area contributed by atoms with E-state index < -0.39 is 89.7 Å². The fourth-order valence-electron chi connectivity index (χ4n) is 2.46. The Morgan fingerprint density at radius 2 is 0.658 bits per heavy atom. The third-order valence-electron chi connectivity index (χ3n) is 4.30. The van der Waals surface area contributed by atoms with Crippen LogP contribution in [0, 0.1) is 29.1 Å². The zero-order chi connectivity index (χ0) is 31.0. The first-order chi connectivity index (χ1) is 16.3. The molecule has 0 heterocycles. The molecule has 2 unspecified atom stereocenters. The summed E-state index contributed by atoms with van der Waals surface area (Å²) < 4.78 is 307. The first kappa shape index (κ1) is 34.1. The summed E-state index contributed by atoms with van der Waals surface area (Å²) in [6.07, 6.45) is -25.0. The molecule has 0 aliphatic heterocycles. The molecule has 0 saturated heterocycles. The van der Waals surface area contributed by atoms with E-state index in [0.717, 1.165) is 0 Å². The SMILES string of the molecule is Fc1c(F)c(F)c(P(C(F)(F)C(F)(F)F)C(F)(F)C(F)(C(F)(F)F)C(F)(F)C(F)(F)C(F)(F)F)c(F)c1F. The van der Waals surface area contributed by atoms with Crippen molar-refractivity contribution >= 4 is 13.2 Å². The van der Waals surface area contributed by atoms with E-state index >= 15 is 0 Å². The first-order valence-corrected chi connectivity index (χ1v) is 9.36. The van der Waals surface area contributed by atoms with E-state index in [2.05, 4.69) is 0 Å². The van der Waals surface area contributed by atoms with Gasteiger partial charge in [0.05, 0.1) is 13.2 Å². The number of halogens is 23. The molecule has 0 aliphatic rings. The molecule has 38 heavy (non-hydrogen) atoms. The minimum atomic E-state index is -9.27. The average Bonchev–Trinajstić information content (AvgIpc) is 2.69. The van der Waals surface area contributed by atoms with Gasteiger partial charge in [0.25, 0.3) is 0 Å². The number of alkyl halides is 18. The summed E-state index contributed by atoms with van der Waals surface area (Å²) in [6.45, 7) is 0. The Labute approximate surface area is 192 Å². The minimum absolute atomic E-state index is 3.62. The Hall–Kier alpha value is -1.96. The largest absolute Gasteiger partial charge is 0.460 e. The van der Waals surface area contributed by atoms with Gasteiger partial charge in [-0.05, 0) is 0 Å². The van der Waals surface area contributed by atoms with E-state index in [4.69, 9.17) is 0 Å². The molecule has 0 fully saturated rings.